The second-order valence-electron chi connectivity index (χ2n) is 6.84. The van der Waals surface area contributed by atoms with Crippen molar-refractivity contribution in [3.8, 4) is 0 Å². The third-order valence-electron chi connectivity index (χ3n) is 5.04. The number of para-hydroxylation sites is 1. The molecule has 0 radical (unpaired) electrons. The quantitative estimate of drug-likeness (QED) is 0.733. The van der Waals surface area contributed by atoms with Crippen LogP contribution >= 0.6 is 11.6 Å². The smallest absolute Gasteiger partial charge is 0.271 e. The second-order valence-corrected chi connectivity index (χ2v) is 7.21. The van der Waals surface area contributed by atoms with Crippen molar-refractivity contribution >= 4 is 34.3 Å². The Bertz CT molecular complexity index is 1020. The molecule has 4 rings (SSSR count). The molecule has 28 heavy (non-hydrogen) atoms. The van der Waals surface area contributed by atoms with Gasteiger partial charge in [0.2, 0.25) is 5.91 Å². The van der Waals surface area contributed by atoms with Gasteiger partial charge in [-0.1, -0.05) is 41.9 Å². The van der Waals surface area contributed by atoms with Crippen molar-refractivity contribution in [2.24, 2.45) is 0 Å². The molecule has 1 aromatic heterocycles. The Hall–Kier alpha value is -2.86. The van der Waals surface area contributed by atoms with Crippen LogP contribution in [0, 0.1) is 5.82 Å². The molecule has 0 bridgehead atoms. The number of amides is 2. The average Bonchev–Trinajstić information content (AvgIpc) is 3.06. The molecule has 1 aliphatic rings. The summed E-state index contributed by atoms with van der Waals surface area (Å²) in [5.41, 5.74) is 1.98. The van der Waals surface area contributed by atoms with Crippen LogP contribution in [0.4, 0.5) is 4.39 Å². The molecule has 0 unspecified atom stereocenters. The molecule has 2 heterocycles. The maximum absolute atomic E-state index is 13.0. The number of piperazine rings is 1. The van der Waals surface area contributed by atoms with Crippen LogP contribution in [-0.4, -0.2) is 52.8 Å². The molecule has 0 aliphatic carbocycles. The van der Waals surface area contributed by atoms with Crippen molar-refractivity contribution in [1.29, 1.82) is 0 Å². The van der Waals surface area contributed by atoms with E-state index in [9.17, 15) is 14.0 Å². The number of aromatic nitrogens is 1. The lowest BCUT2D eigenvalue weighted by Gasteiger charge is -2.34. The molecule has 0 atom stereocenters. The molecule has 1 saturated heterocycles. The van der Waals surface area contributed by atoms with Gasteiger partial charge in [-0.25, -0.2) is 4.39 Å². The van der Waals surface area contributed by atoms with E-state index in [0.717, 1.165) is 16.5 Å². The number of hydrogen-bond donors (Lipinski definition) is 1. The molecule has 2 amide bonds. The van der Waals surface area contributed by atoms with Crippen LogP contribution in [0.3, 0.4) is 0 Å². The fourth-order valence-electron chi connectivity index (χ4n) is 3.46. The molecule has 144 valence electrons. The van der Waals surface area contributed by atoms with E-state index < -0.39 is 0 Å². The topological polar surface area (TPSA) is 56.4 Å². The summed E-state index contributed by atoms with van der Waals surface area (Å²) in [7, 11) is 0. The number of fused-ring (bicyclic) bond motifs is 1. The third-order valence-corrected chi connectivity index (χ3v) is 5.44. The molecule has 3 aromatic rings. The van der Waals surface area contributed by atoms with Gasteiger partial charge >= 0.3 is 0 Å². The van der Waals surface area contributed by atoms with Crippen molar-refractivity contribution in [2.75, 3.05) is 26.2 Å². The van der Waals surface area contributed by atoms with E-state index in [0.29, 0.717) is 36.9 Å². The fraction of sp³-hybridized carbons (Fsp3) is 0.238. The lowest BCUT2D eigenvalue weighted by molar-refractivity contribution is -0.131. The van der Waals surface area contributed by atoms with Gasteiger partial charge in [0.1, 0.15) is 11.5 Å². The number of H-pyrrole nitrogens is 1. The highest BCUT2D eigenvalue weighted by atomic mass is 35.5. The van der Waals surface area contributed by atoms with Gasteiger partial charge in [0.05, 0.1) is 11.4 Å². The van der Waals surface area contributed by atoms with Gasteiger partial charge in [-0.05, 0) is 23.8 Å². The third kappa shape index (κ3) is 3.60. The van der Waals surface area contributed by atoms with Gasteiger partial charge in [0.15, 0.2) is 0 Å². The van der Waals surface area contributed by atoms with E-state index in [1.54, 1.807) is 21.9 Å². The Balaban J connectivity index is 1.39. The minimum atomic E-state index is -0.320. The highest BCUT2D eigenvalue weighted by Crippen LogP contribution is 2.28. The maximum atomic E-state index is 13.0. The normalized spacial score (nSPS) is 14.5. The number of aromatic amines is 1. The van der Waals surface area contributed by atoms with Crippen LogP contribution in [0.1, 0.15) is 16.1 Å². The Morgan fingerprint density at radius 1 is 0.964 bits per heavy atom. The monoisotopic (exact) mass is 399 g/mol. The van der Waals surface area contributed by atoms with Gasteiger partial charge in [-0.3, -0.25) is 9.59 Å². The Morgan fingerprint density at radius 2 is 1.61 bits per heavy atom. The van der Waals surface area contributed by atoms with Gasteiger partial charge in [0, 0.05) is 37.1 Å². The van der Waals surface area contributed by atoms with Gasteiger partial charge in [0.25, 0.3) is 5.91 Å². The van der Waals surface area contributed by atoms with Crippen LogP contribution < -0.4 is 0 Å². The van der Waals surface area contributed by atoms with E-state index in [-0.39, 0.29) is 24.1 Å². The molecule has 1 fully saturated rings. The van der Waals surface area contributed by atoms with Crippen LogP contribution in [0.2, 0.25) is 5.02 Å². The molecule has 0 saturated carbocycles. The van der Waals surface area contributed by atoms with Gasteiger partial charge in [-0.15, -0.1) is 0 Å². The number of rotatable bonds is 3. The first kappa shape index (κ1) is 18.5. The second kappa shape index (κ2) is 7.64. The van der Waals surface area contributed by atoms with Gasteiger partial charge < -0.3 is 14.8 Å². The number of benzene rings is 2. The lowest BCUT2D eigenvalue weighted by atomic mass is 10.1. The summed E-state index contributed by atoms with van der Waals surface area (Å²) in [5.74, 6) is -0.506. The molecular formula is C21H19ClFN3O2. The Labute approximate surface area is 166 Å². The zero-order valence-electron chi connectivity index (χ0n) is 15.1. The predicted octanol–water partition coefficient (Wildman–Crippen LogP) is 3.49. The standard InChI is InChI=1S/C21H19ClFN3O2/c22-19-16-3-1-2-4-17(16)24-20(19)21(28)26-11-9-25(10-12-26)18(27)13-14-5-7-15(23)8-6-14/h1-8,24H,9-13H2. The summed E-state index contributed by atoms with van der Waals surface area (Å²) in [6.45, 7) is 1.81. The first-order chi connectivity index (χ1) is 13.5. The number of nitrogens with zero attached hydrogens (tertiary/aromatic N) is 2. The summed E-state index contributed by atoms with van der Waals surface area (Å²) < 4.78 is 13.0. The van der Waals surface area contributed by atoms with Crippen LogP contribution in [-0.2, 0) is 11.2 Å². The van der Waals surface area contributed by atoms with E-state index in [2.05, 4.69) is 4.98 Å². The van der Waals surface area contributed by atoms with Gasteiger partial charge in [-0.2, -0.15) is 0 Å². The molecule has 5 nitrogen and oxygen atoms in total. The van der Waals surface area contributed by atoms with E-state index in [4.69, 9.17) is 11.6 Å². The molecule has 2 aromatic carbocycles. The van der Waals surface area contributed by atoms with Crippen molar-refractivity contribution < 1.29 is 14.0 Å². The zero-order chi connectivity index (χ0) is 19.7. The average molecular weight is 400 g/mol. The van der Waals surface area contributed by atoms with Crippen LogP contribution in [0.5, 0.6) is 0 Å². The number of carbonyl (C=O) groups excluding carboxylic acids is 2. The first-order valence-corrected chi connectivity index (χ1v) is 9.48. The fourth-order valence-corrected chi connectivity index (χ4v) is 3.75. The van der Waals surface area contributed by atoms with Crippen molar-refractivity contribution in [3.63, 3.8) is 0 Å². The summed E-state index contributed by atoms with van der Waals surface area (Å²) in [4.78, 5) is 31.9. The minimum absolute atomic E-state index is 0.0256. The molecule has 0 spiro atoms. The van der Waals surface area contributed by atoms with Crippen LogP contribution in [0.25, 0.3) is 10.9 Å². The number of hydrogen-bond acceptors (Lipinski definition) is 2. The molecule has 1 N–H and O–H groups in total. The van der Waals surface area contributed by atoms with Crippen LogP contribution in [0.15, 0.2) is 48.5 Å². The zero-order valence-corrected chi connectivity index (χ0v) is 15.9. The molecular weight excluding hydrogens is 381 g/mol. The number of carbonyl (C=O) groups is 2. The van der Waals surface area contributed by atoms with E-state index in [1.807, 2.05) is 24.3 Å². The first-order valence-electron chi connectivity index (χ1n) is 9.10. The minimum Gasteiger partial charge on any atom is -0.349 e. The molecule has 1 aliphatic heterocycles. The predicted molar refractivity (Wildman–Crippen MR) is 106 cm³/mol. The summed E-state index contributed by atoms with van der Waals surface area (Å²) >= 11 is 6.38. The van der Waals surface area contributed by atoms with Crippen molar-refractivity contribution in [1.82, 2.24) is 14.8 Å². The van der Waals surface area contributed by atoms with Crippen molar-refractivity contribution in [2.45, 2.75) is 6.42 Å². The lowest BCUT2D eigenvalue weighted by Crippen LogP contribution is -2.51. The van der Waals surface area contributed by atoms with E-state index in [1.165, 1.54) is 12.1 Å². The number of halogens is 2. The number of nitrogens with one attached hydrogen (secondary N) is 1. The SMILES string of the molecule is O=C(Cc1ccc(F)cc1)N1CCN(C(=O)c2[nH]c3ccccc3c2Cl)CC1. The Morgan fingerprint density at radius 3 is 2.29 bits per heavy atom. The highest BCUT2D eigenvalue weighted by Gasteiger charge is 2.27. The largest absolute Gasteiger partial charge is 0.349 e. The Kier molecular flexibility index (Phi) is 5.05. The summed E-state index contributed by atoms with van der Waals surface area (Å²) in [5, 5.41) is 1.25. The summed E-state index contributed by atoms with van der Waals surface area (Å²) in [6.07, 6.45) is 0.224. The summed E-state index contributed by atoms with van der Waals surface area (Å²) in [6, 6.07) is 13.4. The maximum Gasteiger partial charge on any atom is 0.271 e. The highest BCUT2D eigenvalue weighted by molar-refractivity contribution is 6.38. The molecule has 7 heteroatoms. The van der Waals surface area contributed by atoms with Crippen molar-refractivity contribution in [3.05, 3.63) is 70.6 Å². The van der Waals surface area contributed by atoms with E-state index >= 15 is 0 Å².